The average Bonchev–Trinajstić information content (AvgIpc) is 2.60. The van der Waals surface area contributed by atoms with Crippen LogP contribution in [0.4, 0.5) is 13.2 Å². The Kier molecular flexibility index (Phi) is 4.91. The number of carbonyl (C=O) groups excluding carboxylic acids is 1. The summed E-state index contributed by atoms with van der Waals surface area (Å²) in [5.74, 6) is -1.94. The first-order valence-electron chi connectivity index (χ1n) is 6.44. The molecule has 1 unspecified atom stereocenters. The number of hydrogen-bond acceptors (Lipinski definition) is 3. The van der Waals surface area contributed by atoms with Gasteiger partial charge in [0.05, 0.1) is 22.3 Å². The van der Waals surface area contributed by atoms with Gasteiger partial charge in [-0.3, -0.25) is 4.79 Å². The Morgan fingerprint density at radius 3 is 2.68 bits per heavy atom. The molecule has 0 N–H and O–H groups in total. The van der Waals surface area contributed by atoms with Crippen molar-refractivity contribution in [2.75, 3.05) is 20.2 Å². The molecule has 0 aliphatic carbocycles. The molecule has 0 aromatic carbocycles. The van der Waals surface area contributed by atoms with Gasteiger partial charge in [-0.25, -0.2) is 4.98 Å². The molecule has 0 spiro atoms. The maximum absolute atomic E-state index is 12.6. The van der Waals surface area contributed by atoms with Gasteiger partial charge in [-0.1, -0.05) is 18.5 Å². The molecule has 9 heteroatoms. The van der Waals surface area contributed by atoms with Crippen molar-refractivity contribution in [3.8, 4) is 5.88 Å². The van der Waals surface area contributed by atoms with Crippen molar-refractivity contribution in [2.45, 2.75) is 25.4 Å². The molecular formula is C13H13BrClF3N2O2. The zero-order valence-corrected chi connectivity index (χ0v) is 14.1. The van der Waals surface area contributed by atoms with Crippen LogP contribution < -0.4 is 4.74 Å². The lowest BCUT2D eigenvalue weighted by Crippen LogP contribution is -2.42. The SMILES string of the molecule is COc1nc2c(c(Cl)c1Br)C(C)CN(C(=O)C(F)(F)F)CC2. The van der Waals surface area contributed by atoms with E-state index in [1.165, 1.54) is 7.11 Å². The Bertz CT molecular complexity index is 610. The Morgan fingerprint density at radius 2 is 2.14 bits per heavy atom. The van der Waals surface area contributed by atoms with E-state index < -0.39 is 12.1 Å². The maximum atomic E-state index is 12.6. The van der Waals surface area contributed by atoms with Crippen molar-refractivity contribution in [1.29, 1.82) is 0 Å². The third-order valence-corrected chi connectivity index (χ3v) is 4.85. The highest BCUT2D eigenvalue weighted by Gasteiger charge is 2.43. The van der Waals surface area contributed by atoms with E-state index in [0.29, 0.717) is 20.8 Å². The minimum absolute atomic E-state index is 0.0640. The zero-order chi connectivity index (χ0) is 16.7. The van der Waals surface area contributed by atoms with Crippen molar-refractivity contribution in [3.05, 3.63) is 20.8 Å². The largest absolute Gasteiger partial charge is 0.480 e. The predicted octanol–water partition coefficient (Wildman–Crippen LogP) is 3.56. The van der Waals surface area contributed by atoms with Crippen LogP contribution >= 0.6 is 27.5 Å². The second-order valence-corrected chi connectivity index (χ2v) is 6.18. The van der Waals surface area contributed by atoms with E-state index in [-0.39, 0.29) is 31.3 Å². The van der Waals surface area contributed by atoms with Crippen LogP contribution in [0, 0.1) is 0 Å². The number of fused-ring (bicyclic) bond motifs is 1. The minimum Gasteiger partial charge on any atom is -0.480 e. The van der Waals surface area contributed by atoms with Crippen molar-refractivity contribution >= 4 is 33.4 Å². The van der Waals surface area contributed by atoms with Gasteiger partial charge in [-0.2, -0.15) is 13.2 Å². The summed E-state index contributed by atoms with van der Waals surface area (Å²) in [7, 11) is 1.43. The van der Waals surface area contributed by atoms with Gasteiger partial charge < -0.3 is 9.64 Å². The molecule has 1 aliphatic rings. The molecule has 1 amide bonds. The highest BCUT2D eigenvalue weighted by Crippen LogP contribution is 2.40. The second kappa shape index (κ2) is 6.23. The van der Waals surface area contributed by atoms with E-state index in [4.69, 9.17) is 16.3 Å². The van der Waals surface area contributed by atoms with Crippen LogP contribution in [-0.2, 0) is 11.2 Å². The molecule has 1 aromatic heterocycles. The number of halogens is 5. The molecule has 0 fully saturated rings. The fourth-order valence-electron chi connectivity index (χ4n) is 2.52. The summed E-state index contributed by atoms with van der Waals surface area (Å²) in [6.07, 6.45) is -4.70. The van der Waals surface area contributed by atoms with Gasteiger partial charge in [0, 0.05) is 25.4 Å². The predicted molar refractivity (Wildman–Crippen MR) is 78.3 cm³/mol. The van der Waals surface area contributed by atoms with Crippen LogP contribution in [0.3, 0.4) is 0 Å². The Labute approximate surface area is 138 Å². The van der Waals surface area contributed by atoms with Crippen LogP contribution in [-0.4, -0.2) is 42.2 Å². The molecule has 0 saturated carbocycles. The van der Waals surface area contributed by atoms with E-state index in [1.54, 1.807) is 6.92 Å². The monoisotopic (exact) mass is 400 g/mol. The summed E-state index contributed by atoms with van der Waals surface area (Å²) < 4.78 is 43.4. The molecule has 1 aliphatic heterocycles. The summed E-state index contributed by atoms with van der Waals surface area (Å²) in [6, 6.07) is 0. The van der Waals surface area contributed by atoms with Crippen molar-refractivity contribution < 1.29 is 22.7 Å². The van der Waals surface area contributed by atoms with Gasteiger partial charge in [0.1, 0.15) is 0 Å². The Morgan fingerprint density at radius 1 is 1.50 bits per heavy atom. The number of ether oxygens (including phenoxy) is 1. The number of alkyl halides is 3. The first kappa shape index (κ1) is 17.3. The van der Waals surface area contributed by atoms with E-state index in [1.807, 2.05) is 0 Å². The van der Waals surface area contributed by atoms with Crippen molar-refractivity contribution in [2.24, 2.45) is 0 Å². The molecular weight excluding hydrogens is 389 g/mol. The highest BCUT2D eigenvalue weighted by molar-refractivity contribution is 9.10. The number of carbonyl (C=O) groups is 1. The number of hydrogen-bond donors (Lipinski definition) is 0. The van der Waals surface area contributed by atoms with Crippen LogP contribution in [0.1, 0.15) is 24.1 Å². The van der Waals surface area contributed by atoms with Gasteiger partial charge in [0.2, 0.25) is 5.88 Å². The fourth-order valence-corrected chi connectivity index (χ4v) is 3.36. The highest BCUT2D eigenvalue weighted by atomic mass is 79.9. The zero-order valence-electron chi connectivity index (χ0n) is 11.8. The smallest absolute Gasteiger partial charge is 0.471 e. The van der Waals surface area contributed by atoms with Crippen molar-refractivity contribution in [1.82, 2.24) is 9.88 Å². The molecule has 2 heterocycles. The number of methoxy groups -OCH3 is 1. The number of pyridine rings is 1. The number of amides is 1. The summed E-state index contributed by atoms with van der Waals surface area (Å²) in [5, 5.41) is 0.357. The van der Waals surface area contributed by atoms with Crippen molar-refractivity contribution in [3.63, 3.8) is 0 Å². The lowest BCUT2D eigenvalue weighted by Gasteiger charge is -2.24. The summed E-state index contributed by atoms with van der Waals surface area (Å²) in [4.78, 5) is 16.5. The Balaban J connectivity index is 2.40. The molecule has 0 bridgehead atoms. The third kappa shape index (κ3) is 3.17. The first-order chi connectivity index (χ1) is 10.2. The van der Waals surface area contributed by atoms with Gasteiger partial charge in [-0.05, 0) is 21.5 Å². The number of aromatic nitrogens is 1. The van der Waals surface area contributed by atoms with Gasteiger partial charge in [-0.15, -0.1) is 0 Å². The normalized spacial score (nSPS) is 18.7. The molecule has 22 heavy (non-hydrogen) atoms. The van der Waals surface area contributed by atoms with Crippen LogP contribution in [0.25, 0.3) is 0 Å². The molecule has 0 radical (unpaired) electrons. The maximum Gasteiger partial charge on any atom is 0.471 e. The molecule has 0 saturated heterocycles. The van der Waals surface area contributed by atoms with E-state index in [0.717, 1.165) is 4.90 Å². The van der Waals surface area contributed by atoms with E-state index in [9.17, 15) is 18.0 Å². The number of nitrogens with zero attached hydrogens (tertiary/aromatic N) is 2. The average molecular weight is 402 g/mol. The summed E-state index contributed by atoms with van der Waals surface area (Å²) in [5.41, 5.74) is 1.20. The van der Waals surface area contributed by atoms with E-state index in [2.05, 4.69) is 20.9 Å². The van der Waals surface area contributed by atoms with Gasteiger partial charge >= 0.3 is 12.1 Å². The van der Waals surface area contributed by atoms with Gasteiger partial charge in [0.15, 0.2) is 0 Å². The molecule has 2 rings (SSSR count). The van der Waals surface area contributed by atoms with Gasteiger partial charge in [0.25, 0.3) is 0 Å². The summed E-state index contributed by atoms with van der Waals surface area (Å²) >= 11 is 9.56. The standard InChI is InChI=1S/C13H13BrClF3N2O2/c1-6-5-20(12(21)13(16,17)18)4-3-7-8(6)10(15)9(14)11(19-7)22-2/h6H,3-5H2,1-2H3. The fraction of sp³-hybridized carbons (Fsp3) is 0.538. The third-order valence-electron chi connectivity index (χ3n) is 3.49. The van der Waals surface area contributed by atoms with Crippen LogP contribution in [0.5, 0.6) is 5.88 Å². The molecule has 122 valence electrons. The lowest BCUT2D eigenvalue weighted by atomic mass is 9.99. The minimum atomic E-state index is -4.88. The molecule has 1 atom stereocenters. The van der Waals surface area contributed by atoms with E-state index >= 15 is 0 Å². The lowest BCUT2D eigenvalue weighted by molar-refractivity contribution is -0.185. The second-order valence-electron chi connectivity index (χ2n) is 5.01. The number of rotatable bonds is 1. The first-order valence-corrected chi connectivity index (χ1v) is 7.61. The molecule has 1 aromatic rings. The Hall–Kier alpha value is -1.02. The quantitative estimate of drug-likeness (QED) is 0.723. The molecule has 4 nitrogen and oxygen atoms in total. The topological polar surface area (TPSA) is 42.4 Å². The van der Waals surface area contributed by atoms with Crippen LogP contribution in [0.15, 0.2) is 4.47 Å². The summed E-state index contributed by atoms with van der Waals surface area (Å²) in [6.45, 7) is 1.59. The van der Waals surface area contributed by atoms with Crippen LogP contribution in [0.2, 0.25) is 5.02 Å².